The summed E-state index contributed by atoms with van der Waals surface area (Å²) in [6.45, 7) is 0. The van der Waals surface area contributed by atoms with Gasteiger partial charge in [0.25, 0.3) is 0 Å². The normalized spacial score (nSPS) is 9.69. The maximum absolute atomic E-state index is 12.9. The van der Waals surface area contributed by atoms with Crippen molar-refractivity contribution in [2.45, 2.75) is 0 Å². The molecular formula is C8H4ClFO3. The van der Waals surface area contributed by atoms with Gasteiger partial charge in [-0.25, -0.2) is 9.18 Å². The Labute approximate surface area is 77.7 Å². The number of aldehydes is 1. The lowest BCUT2D eigenvalue weighted by atomic mass is 10.1. The van der Waals surface area contributed by atoms with E-state index in [0.29, 0.717) is 0 Å². The van der Waals surface area contributed by atoms with Crippen molar-refractivity contribution in [1.29, 1.82) is 0 Å². The van der Waals surface area contributed by atoms with E-state index in [9.17, 15) is 14.0 Å². The Hall–Kier alpha value is -1.42. The van der Waals surface area contributed by atoms with Crippen molar-refractivity contribution in [3.63, 3.8) is 0 Å². The predicted molar refractivity (Wildman–Crippen MR) is 43.8 cm³/mol. The number of aromatic carboxylic acids is 1. The van der Waals surface area contributed by atoms with Crippen LogP contribution in [-0.2, 0) is 0 Å². The minimum atomic E-state index is -1.29. The molecule has 3 nitrogen and oxygen atoms in total. The van der Waals surface area contributed by atoms with Crippen LogP contribution in [0.1, 0.15) is 20.7 Å². The standard InChI is InChI=1S/C8H4ClFO3/c9-6-1-4(8(12)13)2-7(10)5(6)3-11/h1-3H,(H,12,13). The molecule has 0 amide bonds. The van der Waals surface area contributed by atoms with Gasteiger partial charge in [0.15, 0.2) is 6.29 Å². The monoisotopic (exact) mass is 202 g/mol. The molecule has 1 aromatic carbocycles. The van der Waals surface area contributed by atoms with E-state index >= 15 is 0 Å². The molecule has 0 saturated heterocycles. The molecule has 0 saturated carbocycles. The van der Waals surface area contributed by atoms with E-state index in [0.717, 1.165) is 12.1 Å². The van der Waals surface area contributed by atoms with Crippen LogP contribution in [0, 0.1) is 5.82 Å². The Bertz CT molecular complexity index is 353. The van der Waals surface area contributed by atoms with Crippen molar-refractivity contribution in [2.24, 2.45) is 0 Å². The van der Waals surface area contributed by atoms with Gasteiger partial charge >= 0.3 is 5.97 Å². The smallest absolute Gasteiger partial charge is 0.335 e. The van der Waals surface area contributed by atoms with E-state index in [1.54, 1.807) is 0 Å². The highest BCUT2D eigenvalue weighted by atomic mass is 35.5. The van der Waals surface area contributed by atoms with Crippen LogP contribution in [0.15, 0.2) is 12.1 Å². The molecule has 13 heavy (non-hydrogen) atoms. The van der Waals surface area contributed by atoms with E-state index in [4.69, 9.17) is 16.7 Å². The molecule has 0 bridgehead atoms. The Balaban J connectivity index is 3.36. The first kappa shape index (κ1) is 9.67. The molecule has 1 N–H and O–H groups in total. The quantitative estimate of drug-likeness (QED) is 0.747. The van der Waals surface area contributed by atoms with Crippen molar-refractivity contribution < 1.29 is 19.1 Å². The van der Waals surface area contributed by atoms with E-state index in [2.05, 4.69) is 0 Å². The number of carbonyl (C=O) groups excluding carboxylic acids is 1. The molecule has 0 atom stereocenters. The Morgan fingerprint density at radius 3 is 2.54 bits per heavy atom. The van der Waals surface area contributed by atoms with Crippen LogP contribution >= 0.6 is 11.6 Å². The maximum Gasteiger partial charge on any atom is 0.335 e. The average molecular weight is 203 g/mol. The molecule has 0 radical (unpaired) electrons. The molecule has 0 aliphatic heterocycles. The number of hydrogen-bond acceptors (Lipinski definition) is 2. The van der Waals surface area contributed by atoms with Crippen molar-refractivity contribution in [1.82, 2.24) is 0 Å². The fourth-order valence-electron chi connectivity index (χ4n) is 0.820. The fourth-order valence-corrected chi connectivity index (χ4v) is 1.07. The third kappa shape index (κ3) is 1.84. The van der Waals surface area contributed by atoms with Gasteiger partial charge in [0, 0.05) is 0 Å². The maximum atomic E-state index is 12.9. The zero-order chi connectivity index (χ0) is 10.0. The van der Waals surface area contributed by atoms with Gasteiger partial charge in [-0.3, -0.25) is 4.79 Å². The molecule has 1 aromatic rings. The molecule has 0 aliphatic carbocycles. The number of carbonyl (C=O) groups is 2. The zero-order valence-corrected chi connectivity index (χ0v) is 7.01. The third-order valence-corrected chi connectivity index (χ3v) is 1.76. The van der Waals surface area contributed by atoms with Gasteiger partial charge in [0.2, 0.25) is 0 Å². The minimum Gasteiger partial charge on any atom is -0.478 e. The molecule has 0 fully saturated rings. The fraction of sp³-hybridized carbons (Fsp3) is 0. The summed E-state index contributed by atoms with van der Waals surface area (Å²) in [6.07, 6.45) is 0.239. The summed E-state index contributed by atoms with van der Waals surface area (Å²) < 4.78 is 12.9. The highest BCUT2D eigenvalue weighted by Gasteiger charge is 2.12. The molecule has 0 unspecified atom stereocenters. The van der Waals surface area contributed by atoms with E-state index in [-0.39, 0.29) is 22.4 Å². The van der Waals surface area contributed by atoms with Crippen molar-refractivity contribution in [3.8, 4) is 0 Å². The van der Waals surface area contributed by atoms with Crippen LogP contribution in [0.4, 0.5) is 4.39 Å². The van der Waals surface area contributed by atoms with E-state index < -0.39 is 11.8 Å². The number of hydrogen-bond donors (Lipinski definition) is 1. The largest absolute Gasteiger partial charge is 0.478 e. The molecular weight excluding hydrogens is 199 g/mol. The van der Waals surface area contributed by atoms with Gasteiger partial charge in [0.05, 0.1) is 16.1 Å². The van der Waals surface area contributed by atoms with Gasteiger partial charge in [-0.05, 0) is 12.1 Å². The number of benzene rings is 1. The number of rotatable bonds is 2. The molecule has 0 heterocycles. The molecule has 0 aromatic heterocycles. The average Bonchev–Trinajstić information content (AvgIpc) is 2.03. The number of halogens is 2. The highest BCUT2D eigenvalue weighted by Crippen LogP contribution is 2.19. The van der Waals surface area contributed by atoms with Crippen LogP contribution in [0.5, 0.6) is 0 Å². The summed E-state index contributed by atoms with van der Waals surface area (Å²) in [4.78, 5) is 20.6. The first-order valence-electron chi connectivity index (χ1n) is 3.23. The number of carboxylic acid groups (broad SMARTS) is 1. The summed E-state index contributed by atoms with van der Waals surface area (Å²) in [5.74, 6) is -2.22. The molecule has 5 heteroatoms. The van der Waals surface area contributed by atoms with Crippen LogP contribution < -0.4 is 0 Å². The Kier molecular flexibility index (Phi) is 2.63. The summed E-state index contributed by atoms with van der Waals surface area (Å²) in [7, 11) is 0. The van der Waals surface area contributed by atoms with Crippen molar-refractivity contribution in [2.75, 3.05) is 0 Å². The molecule has 68 valence electrons. The predicted octanol–water partition coefficient (Wildman–Crippen LogP) is 1.99. The van der Waals surface area contributed by atoms with Gasteiger partial charge in [-0.2, -0.15) is 0 Å². The Morgan fingerprint density at radius 1 is 1.54 bits per heavy atom. The van der Waals surface area contributed by atoms with E-state index in [1.807, 2.05) is 0 Å². The summed E-state index contributed by atoms with van der Waals surface area (Å²) in [6, 6.07) is 1.77. The lowest BCUT2D eigenvalue weighted by Gasteiger charge is -2.00. The number of carboxylic acids is 1. The summed E-state index contributed by atoms with van der Waals surface area (Å²) >= 11 is 5.44. The topological polar surface area (TPSA) is 54.4 Å². The second-order valence-electron chi connectivity index (χ2n) is 2.28. The third-order valence-electron chi connectivity index (χ3n) is 1.44. The van der Waals surface area contributed by atoms with Crippen LogP contribution in [-0.4, -0.2) is 17.4 Å². The van der Waals surface area contributed by atoms with Crippen molar-refractivity contribution >= 4 is 23.9 Å². The molecule has 0 spiro atoms. The SMILES string of the molecule is O=Cc1c(F)cc(C(=O)O)cc1Cl. The van der Waals surface area contributed by atoms with Crippen molar-refractivity contribution in [3.05, 3.63) is 34.1 Å². The lowest BCUT2D eigenvalue weighted by Crippen LogP contribution is -1.99. The minimum absolute atomic E-state index is 0.201. The van der Waals surface area contributed by atoms with Crippen LogP contribution in [0.25, 0.3) is 0 Å². The molecule has 1 rings (SSSR count). The second kappa shape index (κ2) is 3.53. The first-order chi connectivity index (χ1) is 6.06. The highest BCUT2D eigenvalue weighted by molar-refractivity contribution is 6.33. The van der Waals surface area contributed by atoms with Crippen LogP contribution in [0.2, 0.25) is 5.02 Å². The zero-order valence-electron chi connectivity index (χ0n) is 6.25. The van der Waals surface area contributed by atoms with Gasteiger partial charge < -0.3 is 5.11 Å². The first-order valence-corrected chi connectivity index (χ1v) is 3.61. The summed E-state index contributed by atoms with van der Waals surface area (Å²) in [5, 5.41) is 8.28. The van der Waals surface area contributed by atoms with E-state index in [1.165, 1.54) is 0 Å². The summed E-state index contributed by atoms with van der Waals surface area (Å²) in [5.41, 5.74) is -0.611. The van der Waals surface area contributed by atoms with Gasteiger partial charge in [-0.1, -0.05) is 11.6 Å². The lowest BCUT2D eigenvalue weighted by molar-refractivity contribution is 0.0696. The second-order valence-corrected chi connectivity index (χ2v) is 2.68. The van der Waals surface area contributed by atoms with Gasteiger partial charge in [-0.15, -0.1) is 0 Å². The van der Waals surface area contributed by atoms with Crippen LogP contribution in [0.3, 0.4) is 0 Å². The molecule has 0 aliphatic rings. The van der Waals surface area contributed by atoms with Gasteiger partial charge in [0.1, 0.15) is 5.82 Å². The Morgan fingerprint density at radius 2 is 2.15 bits per heavy atom.